The van der Waals surface area contributed by atoms with Crippen molar-refractivity contribution in [2.75, 3.05) is 6.61 Å². The van der Waals surface area contributed by atoms with Crippen LogP contribution < -0.4 is 5.32 Å². The average Bonchev–Trinajstić information content (AvgIpc) is 2.94. The Balaban J connectivity index is 1.38. The van der Waals surface area contributed by atoms with Crippen molar-refractivity contribution < 1.29 is 9.53 Å². The van der Waals surface area contributed by atoms with Gasteiger partial charge in [0.1, 0.15) is 5.82 Å². The van der Waals surface area contributed by atoms with Gasteiger partial charge in [0.2, 0.25) is 5.91 Å². The largest absolute Gasteiger partial charge is 0.373 e. The van der Waals surface area contributed by atoms with Crippen molar-refractivity contribution in [1.82, 2.24) is 14.9 Å². The highest BCUT2D eigenvalue weighted by molar-refractivity contribution is 5.77. The van der Waals surface area contributed by atoms with E-state index in [2.05, 4.69) is 33.2 Å². The van der Waals surface area contributed by atoms with Gasteiger partial charge in [0.25, 0.3) is 0 Å². The molecule has 1 aromatic carbocycles. The first kappa shape index (κ1) is 15.4. The van der Waals surface area contributed by atoms with Gasteiger partial charge in [-0.15, -0.1) is 0 Å². The summed E-state index contributed by atoms with van der Waals surface area (Å²) >= 11 is 0. The second kappa shape index (κ2) is 6.40. The summed E-state index contributed by atoms with van der Waals surface area (Å²) < 4.78 is 8.01. The van der Waals surface area contributed by atoms with E-state index in [-0.39, 0.29) is 18.1 Å². The molecule has 0 saturated heterocycles. The molecule has 1 N–H and O–H groups in total. The maximum atomic E-state index is 12.5. The summed E-state index contributed by atoms with van der Waals surface area (Å²) in [5.74, 6) is 1.20. The fourth-order valence-electron chi connectivity index (χ4n) is 3.80. The van der Waals surface area contributed by atoms with Gasteiger partial charge in [-0.3, -0.25) is 4.79 Å². The summed E-state index contributed by atoms with van der Waals surface area (Å²) in [6.07, 6.45) is 5.13. The predicted molar refractivity (Wildman–Crippen MR) is 90.7 cm³/mol. The van der Waals surface area contributed by atoms with Gasteiger partial charge in [-0.05, 0) is 30.9 Å². The molecule has 126 valence electrons. The number of aryl methyl sites for hydroxylation is 2. The van der Waals surface area contributed by atoms with Crippen molar-refractivity contribution >= 4 is 5.91 Å². The number of carbonyl (C=O) groups is 1. The highest BCUT2D eigenvalue weighted by Crippen LogP contribution is 2.29. The number of carbonyl (C=O) groups excluding carboxylic acids is 1. The van der Waals surface area contributed by atoms with Gasteiger partial charge in [-0.2, -0.15) is 0 Å². The molecule has 1 aromatic heterocycles. The average molecular weight is 325 g/mol. The van der Waals surface area contributed by atoms with Crippen molar-refractivity contribution in [3.63, 3.8) is 0 Å². The molecular weight excluding hydrogens is 302 g/mol. The van der Waals surface area contributed by atoms with E-state index >= 15 is 0 Å². The normalized spacial score (nSPS) is 22.5. The Morgan fingerprint density at radius 3 is 3.17 bits per heavy atom. The van der Waals surface area contributed by atoms with Gasteiger partial charge in [0.05, 0.1) is 24.8 Å². The summed E-state index contributed by atoms with van der Waals surface area (Å²) in [4.78, 5) is 17.0. The van der Waals surface area contributed by atoms with Gasteiger partial charge < -0.3 is 14.6 Å². The van der Waals surface area contributed by atoms with Crippen molar-refractivity contribution in [2.24, 2.45) is 0 Å². The number of nitrogens with zero attached hydrogens (tertiary/aromatic N) is 2. The molecule has 0 unspecified atom stereocenters. The summed E-state index contributed by atoms with van der Waals surface area (Å²) in [6.45, 7) is 3.51. The number of ether oxygens (including phenoxy) is 1. The number of fused-ring (bicyclic) bond motifs is 2. The second-order valence-corrected chi connectivity index (χ2v) is 6.77. The first-order valence-electron chi connectivity index (χ1n) is 8.70. The molecule has 0 radical (unpaired) electrons. The Labute approximate surface area is 142 Å². The Morgan fingerprint density at radius 1 is 1.38 bits per heavy atom. The van der Waals surface area contributed by atoms with E-state index in [1.54, 1.807) is 0 Å². The van der Waals surface area contributed by atoms with Crippen LogP contribution in [0.4, 0.5) is 0 Å². The monoisotopic (exact) mass is 325 g/mol. The predicted octanol–water partition coefficient (Wildman–Crippen LogP) is 2.33. The smallest absolute Gasteiger partial charge is 0.223 e. The molecule has 2 aliphatic heterocycles. The molecule has 3 heterocycles. The van der Waals surface area contributed by atoms with Crippen LogP contribution in [0.1, 0.15) is 41.6 Å². The number of amides is 1. The van der Waals surface area contributed by atoms with Gasteiger partial charge >= 0.3 is 0 Å². The van der Waals surface area contributed by atoms with E-state index in [9.17, 15) is 4.79 Å². The Bertz CT molecular complexity index is 753. The quantitative estimate of drug-likeness (QED) is 0.942. The lowest BCUT2D eigenvalue weighted by molar-refractivity contribution is -0.125. The number of imidazole rings is 1. The summed E-state index contributed by atoms with van der Waals surface area (Å²) in [5, 5.41) is 3.18. The molecule has 0 fully saturated rings. The lowest BCUT2D eigenvalue weighted by Gasteiger charge is -2.28. The van der Waals surface area contributed by atoms with E-state index in [0.717, 1.165) is 42.9 Å². The first-order chi connectivity index (χ1) is 11.7. The Hall–Kier alpha value is -2.14. The highest BCUT2D eigenvalue weighted by atomic mass is 16.5. The number of hydrogen-bond donors (Lipinski definition) is 1. The van der Waals surface area contributed by atoms with E-state index < -0.39 is 0 Å². The standard InChI is InChI=1S/C19H23N3O2/c1-13-11-22-12-15(6-7-18(22)20-13)21-19(23)10-17-16-5-3-2-4-14(16)8-9-24-17/h2-5,11,15,17H,6-10,12H2,1H3,(H,21,23)/t15-,17+/m1/s1. The number of aromatic nitrogens is 2. The van der Waals surface area contributed by atoms with Crippen LogP contribution in [0.25, 0.3) is 0 Å². The minimum atomic E-state index is -0.121. The van der Waals surface area contributed by atoms with Crippen LogP contribution in [0, 0.1) is 6.92 Å². The molecule has 0 aliphatic carbocycles. The van der Waals surface area contributed by atoms with Gasteiger partial charge in [-0.25, -0.2) is 4.98 Å². The SMILES string of the molecule is Cc1cn2c(n1)CC[C@@H](NC(=O)C[C@@H]1OCCc3ccccc31)C2. The Kier molecular flexibility index (Phi) is 4.10. The second-order valence-electron chi connectivity index (χ2n) is 6.77. The minimum Gasteiger partial charge on any atom is -0.373 e. The zero-order valence-electron chi connectivity index (χ0n) is 14.0. The zero-order chi connectivity index (χ0) is 16.5. The molecular formula is C19H23N3O2. The molecule has 24 heavy (non-hydrogen) atoms. The maximum Gasteiger partial charge on any atom is 0.223 e. The molecule has 0 bridgehead atoms. The van der Waals surface area contributed by atoms with Gasteiger partial charge in [0, 0.05) is 25.2 Å². The topological polar surface area (TPSA) is 56.2 Å². The van der Waals surface area contributed by atoms with Crippen LogP contribution in [-0.4, -0.2) is 28.1 Å². The zero-order valence-corrected chi connectivity index (χ0v) is 14.0. The number of rotatable bonds is 3. The van der Waals surface area contributed by atoms with Crippen molar-refractivity contribution in [2.45, 2.75) is 51.3 Å². The molecule has 0 spiro atoms. The van der Waals surface area contributed by atoms with E-state index in [4.69, 9.17) is 4.74 Å². The van der Waals surface area contributed by atoms with Crippen molar-refractivity contribution in [3.05, 3.63) is 53.1 Å². The molecule has 4 rings (SSSR count). The van der Waals surface area contributed by atoms with Crippen LogP contribution in [0.2, 0.25) is 0 Å². The fourth-order valence-corrected chi connectivity index (χ4v) is 3.80. The maximum absolute atomic E-state index is 12.5. The number of benzene rings is 1. The van der Waals surface area contributed by atoms with Crippen LogP contribution in [0.15, 0.2) is 30.5 Å². The molecule has 2 aliphatic rings. The van der Waals surface area contributed by atoms with E-state index in [0.29, 0.717) is 13.0 Å². The lowest BCUT2D eigenvalue weighted by Crippen LogP contribution is -2.41. The highest BCUT2D eigenvalue weighted by Gasteiger charge is 2.26. The summed E-state index contributed by atoms with van der Waals surface area (Å²) in [7, 11) is 0. The van der Waals surface area contributed by atoms with Crippen molar-refractivity contribution in [3.8, 4) is 0 Å². The van der Waals surface area contributed by atoms with E-state index in [1.807, 2.05) is 19.1 Å². The van der Waals surface area contributed by atoms with E-state index in [1.165, 1.54) is 5.56 Å². The molecule has 2 atom stereocenters. The third-order valence-corrected chi connectivity index (χ3v) is 4.94. The van der Waals surface area contributed by atoms with Crippen molar-refractivity contribution in [1.29, 1.82) is 0 Å². The van der Waals surface area contributed by atoms with Crippen LogP contribution >= 0.6 is 0 Å². The minimum absolute atomic E-state index is 0.0713. The third kappa shape index (κ3) is 3.08. The third-order valence-electron chi connectivity index (χ3n) is 4.94. The van der Waals surface area contributed by atoms with Gasteiger partial charge in [0.15, 0.2) is 0 Å². The van der Waals surface area contributed by atoms with Crippen LogP contribution in [0.3, 0.4) is 0 Å². The molecule has 1 amide bonds. The molecule has 5 heteroatoms. The number of hydrogen-bond acceptors (Lipinski definition) is 3. The van der Waals surface area contributed by atoms with Crippen LogP contribution in [0.5, 0.6) is 0 Å². The number of nitrogens with one attached hydrogen (secondary N) is 1. The fraction of sp³-hybridized carbons (Fsp3) is 0.474. The summed E-state index contributed by atoms with van der Waals surface area (Å²) in [5.41, 5.74) is 3.51. The summed E-state index contributed by atoms with van der Waals surface area (Å²) in [6, 6.07) is 8.45. The molecule has 0 saturated carbocycles. The van der Waals surface area contributed by atoms with Crippen LogP contribution in [-0.2, 0) is 28.9 Å². The molecule has 2 aromatic rings. The van der Waals surface area contributed by atoms with Gasteiger partial charge in [-0.1, -0.05) is 24.3 Å². The lowest BCUT2D eigenvalue weighted by atomic mass is 9.95. The molecule has 5 nitrogen and oxygen atoms in total. The Morgan fingerprint density at radius 2 is 2.25 bits per heavy atom. The first-order valence-corrected chi connectivity index (χ1v) is 8.70.